The Morgan fingerprint density at radius 3 is 2.28 bits per heavy atom. The number of nitriles is 1. The molecule has 0 unspecified atom stereocenters. The van der Waals surface area contributed by atoms with Crippen LogP contribution in [0.2, 0.25) is 0 Å². The van der Waals surface area contributed by atoms with Gasteiger partial charge in [-0.1, -0.05) is 34.1 Å². The topological polar surface area (TPSA) is 65.8 Å². The number of carbonyl (C=O) groups excluding carboxylic acids is 1. The molecule has 1 aliphatic heterocycles. The summed E-state index contributed by atoms with van der Waals surface area (Å²) in [6.07, 6.45) is 1.58. The molecular weight excluding hydrogens is 434 g/mol. The second kappa shape index (κ2) is 9.48. The van der Waals surface area contributed by atoms with Crippen molar-refractivity contribution in [2.24, 2.45) is 0 Å². The number of ether oxygens (including phenoxy) is 2. The maximum atomic E-state index is 12.9. The van der Waals surface area contributed by atoms with Crippen LogP contribution in [0.25, 0.3) is 6.08 Å². The molecule has 29 heavy (non-hydrogen) atoms. The van der Waals surface area contributed by atoms with E-state index in [-0.39, 0.29) is 11.5 Å². The van der Waals surface area contributed by atoms with Gasteiger partial charge in [-0.3, -0.25) is 4.79 Å². The van der Waals surface area contributed by atoms with Gasteiger partial charge in [-0.2, -0.15) is 5.26 Å². The second-order valence-electron chi connectivity index (χ2n) is 6.51. The van der Waals surface area contributed by atoms with Crippen molar-refractivity contribution < 1.29 is 14.3 Å². The minimum Gasteiger partial charge on any atom is -0.493 e. The van der Waals surface area contributed by atoms with Gasteiger partial charge < -0.3 is 19.3 Å². The lowest BCUT2D eigenvalue weighted by Gasteiger charge is -2.36. The lowest BCUT2D eigenvalue weighted by atomic mass is 10.1. The number of anilines is 1. The highest BCUT2D eigenvalue weighted by Crippen LogP contribution is 2.34. The van der Waals surface area contributed by atoms with Crippen molar-refractivity contribution in [1.29, 1.82) is 5.26 Å². The number of piperazine rings is 1. The van der Waals surface area contributed by atoms with Crippen LogP contribution in [0.3, 0.4) is 0 Å². The molecule has 0 atom stereocenters. The van der Waals surface area contributed by atoms with Crippen LogP contribution < -0.4 is 14.4 Å². The second-order valence-corrected chi connectivity index (χ2v) is 7.37. The predicted octanol–water partition coefficient (Wildman–Crippen LogP) is 3.72. The number of nitrogens with zero attached hydrogens (tertiary/aromatic N) is 3. The molecule has 0 bridgehead atoms. The zero-order chi connectivity index (χ0) is 20.8. The molecule has 1 aliphatic rings. The van der Waals surface area contributed by atoms with E-state index in [4.69, 9.17) is 9.47 Å². The Hall–Kier alpha value is -2.98. The highest BCUT2D eigenvalue weighted by atomic mass is 79.9. The zero-order valence-electron chi connectivity index (χ0n) is 16.4. The number of halogens is 1. The Balaban J connectivity index is 1.75. The summed E-state index contributed by atoms with van der Waals surface area (Å²) in [5, 5.41) is 9.59. The van der Waals surface area contributed by atoms with E-state index in [1.165, 1.54) is 0 Å². The molecule has 7 heteroatoms. The van der Waals surface area contributed by atoms with E-state index in [1.54, 1.807) is 37.3 Å². The molecule has 2 aromatic carbocycles. The fourth-order valence-electron chi connectivity index (χ4n) is 3.25. The number of carbonyl (C=O) groups is 1. The van der Waals surface area contributed by atoms with Gasteiger partial charge in [0.25, 0.3) is 5.91 Å². The van der Waals surface area contributed by atoms with Crippen molar-refractivity contribution in [3.05, 3.63) is 58.1 Å². The molecular formula is C22H22BrN3O3. The molecule has 0 radical (unpaired) electrons. The molecule has 0 aromatic heterocycles. The van der Waals surface area contributed by atoms with Crippen LogP contribution >= 0.6 is 15.9 Å². The van der Waals surface area contributed by atoms with Gasteiger partial charge in [-0.15, -0.1) is 0 Å². The first-order valence-corrected chi connectivity index (χ1v) is 9.99. The quantitative estimate of drug-likeness (QED) is 0.507. The van der Waals surface area contributed by atoms with Gasteiger partial charge in [0.05, 0.1) is 14.2 Å². The largest absolute Gasteiger partial charge is 0.493 e. The monoisotopic (exact) mass is 455 g/mol. The maximum absolute atomic E-state index is 12.9. The SMILES string of the molecule is COc1cc(Br)c(/C=C(/C#N)C(=O)N2CCN(c3ccccc3)CC2)cc1OC. The van der Waals surface area contributed by atoms with E-state index in [0.29, 0.717) is 34.6 Å². The Kier molecular flexibility index (Phi) is 6.78. The molecule has 2 aromatic rings. The predicted molar refractivity (Wildman–Crippen MR) is 116 cm³/mol. The van der Waals surface area contributed by atoms with Gasteiger partial charge in [0.15, 0.2) is 11.5 Å². The Labute approximate surface area is 179 Å². The standard InChI is InChI=1S/C22H22BrN3O3/c1-28-20-13-16(19(23)14-21(20)29-2)12-17(15-24)22(27)26-10-8-25(9-11-26)18-6-4-3-5-7-18/h3-7,12-14H,8-11H2,1-2H3/b17-12-. The van der Waals surface area contributed by atoms with Gasteiger partial charge in [-0.05, 0) is 35.9 Å². The summed E-state index contributed by atoms with van der Waals surface area (Å²) in [6, 6.07) is 15.7. The Morgan fingerprint density at radius 1 is 1.07 bits per heavy atom. The average Bonchev–Trinajstić information content (AvgIpc) is 2.78. The van der Waals surface area contributed by atoms with Crippen LogP contribution in [0.5, 0.6) is 11.5 Å². The number of rotatable bonds is 5. The number of hydrogen-bond donors (Lipinski definition) is 0. The number of methoxy groups -OCH3 is 2. The summed E-state index contributed by atoms with van der Waals surface area (Å²) < 4.78 is 11.3. The molecule has 3 rings (SSSR count). The molecule has 1 amide bonds. The minimum atomic E-state index is -0.262. The fourth-order valence-corrected chi connectivity index (χ4v) is 3.69. The van der Waals surface area contributed by atoms with Gasteiger partial charge in [0, 0.05) is 36.3 Å². The smallest absolute Gasteiger partial charge is 0.264 e. The molecule has 150 valence electrons. The van der Waals surface area contributed by atoms with E-state index in [1.807, 2.05) is 24.3 Å². The maximum Gasteiger partial charge on any atom is 0.264 e. The van der Waals surface area contributed by atoms with Crippen LogP contribution in [0.1, 0.15) is 5.56 Å². The van der Waals surface area contributed by atoms with E-state index in [9.17, 15) is 10.1 Å². The highest BCUT2D eigenvalue weighted by molar-refractivity contribution is 9.10. The molecule has 0 spiro atoms. The number of hydrogen-bond acceptors (Lipinski definition) is 5. The van der Waals surface area contributed by atoms with Crippen molar-refractivity contribution in [1.82, 2.24) is 4.90 Å². The van der Waals surface area contributed by atoms with Gasteiger partial charge >= 0.3 is 0 Å². The van der Waals surface area contributed by atoms with Crippen molar-refractivity contribution >= 4 is 33.6 Å². The van der Waals surface area contributed by atoms with Crippen LogP contribution in [-0.2, 0) is 4.79 Å². The lowest BCUT2D eigenvalue weighted by Crippen LogP contribution is -2.49. The normalized spacial score (nSPS) is 14.3. The Bertz CT molecular complexity index is 946. The third-order valence-corrected chi connectivity index (χ3v) is 5.53. The van der Waals surface area contributed by atoms with Crippen LogP contribution in [0.15, 0.2) is 52.5 Å². The van der Waals surface area contributed by atoms with Gasteiger partial charge in [0.1, 0.15) is 11.6 Å². The van der Waals surface area contributed by atoms with Crippen molar-refractivity contribution in [2.75, 3.05) is 45.3 Å². The van der Waals surface area contributed by atoms with E-state index < -0.39 is 0 Å². The zero-order valence-corrected chi connectivity index (χ0v) is 18.0. The molecule has 0 saturated carbocycles. The number of benzene rings is 2. The van der Waals surface area contributed by atoms with Crippen molar-refractivity contribution in [3.8, 4) is 17.6 Å². The van der Waals surface area contributed by atoms with Crippen LogP contribution in [0.4, 0.5) is 5.69 Å². The first-order chi connectivity index (χ1) is 14.1. The summed E-state index contributed by atoms with van der Waals surface area (Å²) >= 11 is 3.47. The van der Waals surface area contributed by atoms with Gasteiger partial charge in [-0.25, -0.2) is 0 Å². The summed E-state index contributed by atoms with van der Waals surface area (Å²) in [6.45, 7) is 2.60. The summed E-state index contributed by atoms with van der Waals surface area (Å²) in [7, 11) is 3.10. The summed E-state index contributed by atoms with van der Waals surface area (Å²) in [5.74, 6) is 0.837. The molecule has 6 nitrogen and oxygen atoms in total. The van der Waals surface area contributed by atoms with E-state index in [2.05, 4.69) is 33.0 Å². The first kappa shape index (κ1) is 20.7. The fraction of sp³-hybridized carbons (Fsp3) is 0.273. The lowest BCUT2D eigenvalue weighted by molar-refractivity contribution is -0.126. The van der Waals surface area contributed by atoms with Crippen molar-refractivity contribution in [3.63, 3.8) is 0 Å². The van der Waals surface area contributed by atoms with Crippen molar-refractivity contribution in [2.45, 2.75) is 0 Å². The van der Waals surface area contributed by atoms with E-state index >= 15 is 0 Å². The van der Waals surface area contributed by atoms with E-state index in [0.717, 1.165) is 18.8 Å². The first-order valence-electron chi connectivity index (χ1n) is 9.20. The van der Waals surface area contributed by atoms with Crippen LogP contribution in [0, 0.1) is 11.3 Å². The third kappa shape index (κ3) is 4.72. The summed E-state index contributed by atoms with van der Waals surface area (Å²) in [5.41, 5.74) is 1.91. The third-order valence-electron chi connectivity index (χ3n) is 4.84. The molecule has 0 aliphatic carbocycles. The van der Waals surface area contributed by atoms with Gasteiger partial charge in [0.2, 0.25) is 0 Å². The van der Waals surface area contributed by atoms with Crippen LogP contribution in [-0.4, -0.2) is 51.2 Å². The minimum absolute atomic E-state index is 0.0890. The molecule has 1 heterocycles. The highest BCUT2D eigenvalue weighted by Gasteiger charge is 2.24. The average molecular weight is 456 g/mol. The number of para-hydroxylation sites is 1. The number of amides is 1. The molecule has 0 N–H and O–H groups in total. The molecule has 1 saturated heterocycles. The summed E-state index contributed by atoms with van der Waals surface area (Å²) in [4.78, 5) is 16.9. The Morgan fingerprint density at radius 2 is 1.69 bits per heavy atom. The molecule has 1 fully saturated rings.